The van der Waals surface area contributed by atoms with Gasteiger partial charge in [-0.1, -0.05) is 0 Å². The van der Waals surface area contributed by atoms with Gasteiger partial charge >= 0.3 is 5.69 Å². The molecule has 0 spiro atoms. The van der Waals surface area contributed by atoms with Crippen LogP contribution in [0.1, 0.15) is 6.92 Å². The second-order valence-electron chi connectivity index (χ2n) is 2.63. The van der Waals surface area contributed by atoms with E-state index in [-0.39, 0.29) is 0 Å². The first-order chi connectivity index (χ1) is 5.77. The van der Waals surface area contributed by atoms with Crippen molar-refractivity contribution in [3.63, 3.8) is 0 Å². The standard InChI is InChI=1S/C9H12N3/c1-3-12(2)9-6-4-8(11-10)5-7-9/h4-7H,3H2,1-2H3/q+1. The summed E-state index contributed by atoms with van der Waals surface area (Å²) in [6.07, 6.45) is 0. The summed E-state index contributed by atoms with van der Waals surface area (Å²) in [5.74, 6) is 0. The Kier molecular flexibility index (Phi) is 2.65. The van der Waals surface area contributed by atoms with Crippen molar-refractivity contribution in [1.82, 2.24) is 0 Å². The molecule has 62 valence electrons. The maximum absolute atomic E-state index is 8.44. The van der Waals surface area contributed by atoms with Gasteiger partial charge in [0, 0.05) is 31.4 Å². The van der Waals surface area contributed by atoms with Gasteiger partial charge in [0.1, 0.15) is 0 Å². The second kappa shape index (κ2) is 3.72. The summed E-state index contributed by atoms with van der Waals surface area (Å²) in [5, 5.41) is 8.44. The highest BCUT2D eigenvalue weighted by atomic mass is 15.1. The van der Waals surface area contributed by atoms with Gasteiger partial charge in [-0.25, -0.2) is 0 Å². The predicted octanol–water partition coefficient (Wildman–Crippen LogP) is 2.63. The summed E-state index contributed by atoms with van der Waals surface area (Å²) < 4.78 is 0. The topological polar surface area (TPSA) is 31.4 Å². The first kappa shape index (κ1) is 8.54. The summed E-state index contributed by atoms with van der Waals surface area (Å²) in [6, 6.07) is 7.42. The van der Waals surface area contributed by atoms with Gasteiger partial charge in [-0.15, -0.1) is 0 Å². The van der Waals surface area contributed by atoms with Gasteiger partial charge in [-0.05, 0) is 19.1 Å². The van der Waals surface area contributed by atoms with Gasteiger partial charge in [0.2, 0.25) is 5.39 Å². The molecule has 0 heterocycles. The van der Waals surface area contributed by atoms with Gasteiger partial charge in [0.15, 0.2) is 4.98 Å². The zero-order valence-electron chi connectivity index (χ0n) is 7.36. The van der Waals surface area contributed by atoms with Crippen molar-refractivity contribution in [2.45, 2.75) is 6.92 Å². The summed E-state index contributed by atoms with van der Waals surface area (Å²) in [4.78, 5) is 5.19. The van der Waals surface area contributed by atoms with Gasteiger partial charge in [0.25, 0.3) is 0 Å². The molecule has 0 unspecified atom stereocenters. The quantitative estimate of drug-likeness (QED) is 0.626. The lowest BCUT2D eigenvalue weighted by atomic mass is 10.2. The molecule has 0 atom stereocenters. The maximum atomic E-state index is 8.44. The molecular formula is C9H12N3+. The minimum Gasteiger partial charge on any atom is -0.375 e. The zero-order valence-corrected chi connectivity index (χ0v) is 7.36. The number of nitrogens with zero attached hydrogens (tertiary/aromatic N) is 3. The van der Waals surface area contributed by atoms with E-state index in [0.717, 1.165) is 12.2 Å². The van der Waals surface area contributed by atoms with Crippen LogP contribution in [0.3, 0.4) is 0 Å². The van der Waals surface area contributed by atoms with Crippen molar-refractivity contribution in [2.75, 3.05) is 18.5 Å². The molecule has 0 aliphatic carbocycles. The Bertz CT molecular complexity index is 284. The van der Waals surface area contributed by atoms with Crippen LogP contribution in [0.2, 0.25) is 0 Å². The van der Waals surface area contributed by atoms with Crippen molar-refractivity contribution in [2.24, 2.45) is 0 Å². The van der Waals surface area contributed by atoms with Crippen LogP contribution in [0.4, 0.5) is 11.4 Å². The van der Waals surface area contributed by atoms with E-state index in [4.69, 9.17) is 5.39 Å². The average Bonchev–Trinajstić information content (AvgIpc) is 2.17. The summed E-state index contributed by atoms with van der Waals surface area (Å²) in [6.45, 7) is 3.06. The van der Waals surface area contributed by atoms with Crippen LogP contribution >= 0.6 is 0 Å². The molecule has 0 saturated heterocycles. The third-order valence-corrected chi connectivity index (χ3v) is 1.88. The van der Waals surface area contributed by atoms with E-state index in [2.05, 4.69) is 16.8 Å². The predicted molar refractivity (Wildman–Crippen MR) is 50.1 cm³/mol. The molecule has 1 rings (SSSR count). The summed E-state index contributed by atoms with van der Waals surface area (Å²) >= 11 is 0. The fraction of sp³-hybridized carbons (Fsp3) is 0.333. The highest BCUT2D eigenvalue weighted by Gasteiger charge is 2.03. The van der Waals surface area contributed by atoms with Gasteiger partial charge in [-0.3, -0.25) is 0 Å². The lowest BCUT2D eigenvalue weighted by Crippen LogP contribution is -2.15. The Morgan fingerprint density at radius 3 is 2.33 bits per heavy atom. The Labute approximate surface area is 72.2 Å². The molecule has 0 amide bonds. The van der Waals surface area contributed by atoms with Crippen LogP contribution < -0.4 is 4.90 Å². The number of diazo groups is 1. The number of anilines is 1. The number of hydrogen-bond acceptors (Lipinski definition) is 2. The van der Waals surface area contributed by atoms with E-state index >= 15 is 0 Å². The van der Waals surface area contributed by atoms with Crippen molar-refractivity contribution < 1.29 is 0 Å². The van der Waals surface area contributed by atoms with E-state index < -0.39 is 0 Å². The zero-order chi connectivity index (χ0) is 8.97. The first-order valence-electron chi connectivity index (χ1n) is 3.94. The SMILES string of the molecule is CCN(C)c1ccc([N+]#N)cc1. The Balaban J connectivity index is 2.86. The molecule has 0 bridgehead atoms. The molecule has 3 nitrogen and oxygen atoms in total. The second-order valence-corrected chi connectivity index (χ2v) is 2.63. The van der Waals surface area contributed by atoms with E-state index in [1.165, 1.54) is 0 Å². The minimum absolute atomic E-state index is 0.586. The van der Waals surface area contributed by atoms with Gasteiger partial charge in [-0.2, -0.15) is 0 Å². The van der Waals surface area contributed by atoms with Crippen LogP contribution in [0.5, 0.6) is 0 Å². The van der Waals surface area contributed by atoms with E-state index in [1.807, 2.05) is 19.2 Å². The number of rotatable bonds is 2. The Morgan fingerprint density at radius 2 is 1.92 bits per heavy atom. The Morgan fingerprint density at radius 1 is 1.33 bits per heavy atom. The van der Waals surface area contributed by atoms with Crippen molar-refractivity contribution in [3.05, 3.63) is 29.2 Å². The minimum atomic E-state index is 0.586. The molecular weight excluding hydrogens is 150 g/mol. The van der Waals surface area contributed by atoms with Crippen molar-refractivity contribution >= 4 is 11.4 Å². The third kappa shape index (κ3) is 1.73. The largest absolute Gasteiger partial charge is 0.385 e. The van der Waals surface area contributed by atoms with E-state index in [9.17, 15) is 0 Å². The molecule has 12 heavy (non-hydrogen) atoms. The maximum Gasteiger partial charge on any atom is 0.385 e. The Hall–Kier alpha value is -1.56. The molecule has 3 heteroatoms. The van der Waals surface area contributed by atoms with Crippen LogP contribution in [-0.2, 0) is 0 Å². The molecule has 0 radical (unpaired) electrons. The number of benzene rings is 1. The van der Waals surface area contributed by atoms with Gasteiger partial charge in [0.05, 0.1) is 0 Å². The molecule has 0 saturated carbocycles. The summed E-state index contributed by atoms with van der Waals surface area (Å²) in [5.41, 5.74) is 1.72. The molecule has 0 aromatic heterocycles. The molecule has 1 aromatic rings. The van der Waals surface area contributed by atoms with E-state index in [0.29, 0.717) is 5.69 Å². The molecule has 0 N–H and O–H groups in total. The monoisotopic (exact) mass is 162 g/mol. The fourth-order valence-electron chi connectivity index (χ4n) is 0.956. The third-order valence-electron chi connectivity index (χ3n) is 1.88. The van der Waals surface area contributed by atoms with E-state index in [1.54, 1.807) is 12.1 Å². The molecule has 0 aliphatic heterocycles. The molecule has 0 fully saturated rings. The normalized spacial score (nSPS) is 9.08. The summed E-state index contributed by atoms with van der Waals surface area (Å²) in [7, 11) is 2.02. The lowest BCUT2D eigenvalue weighted by Gasteiger charge is -2.15. The fourth-order valence-corrected chi connectivity index (χ4v) is 0.956. The molecule has 1 aromatic carbocycles. The van der Waals surface area contributed by atoms with Crippen LogP contribution in [-0.4, -0.2) is 13.6 Å². The number of hydrogen-bond donors (Lipinski definition) is 0. The average molecular weight is 162 g/mol. The first-order valence-corrected chi connectivity index (χ1v) is 3.94. The highest BCUT2D eigenvalue weighted by Crippen LogP contribution is 2.18. The van der Waals surface area contributed by atoms with Crippen LogP contribution in [0, 0.1) is 5.39 Å². The lowest BCUT2D eigenvalue weighted by molar-refractivity contribution is 0.968. The molecule has 0 aliphatic rings. The highest BCUT2D eigenvalue weighted by molar-refractivity contribution is 5.54. The van der Waals surface area contributed by atoms with Crippen LogP contribution in [0.25, 0.3) is 4.98 Å². The van der Waals surface area contributed by atoms with Crippen molar-refractivity contribution in [3.8, 4) is 0 Å². The smallest absolute Gasteiger partial charge is 0.375 e. The van der Waals surface area contributed by atoms with Crippen molar-refractivity contribution in [1.29, 1.82) is 5.39 Å². The van der Waals surface area contributed by atoms with Gasteiger partial charge < -0.3 is 4.90 Å². The van der Waals surface area contributed by atoms with Crippen LogP contribution in [0.15, 0.2) is 24.3 Å².